The van der Waals surface area contributed by atoms with E-state index in [0.29, 0.717) is 10.7 Å². The topological polar surface area (TPSA) is 43.8 Å². The Labute approximate surface area is 97.5 Å². The number of aromatic nitrogens is 2. The molecule has 0 aliphatic rings. The maximum atomic E-state index is 13.3. The number of thioether (sulfide) groups is 1. The summed E-state index contributed by atoms with van der Waals surface area (Å²) in [7, 11) is 0. The average molecular weight is 237 g/mol. The van der Waals surface area contributed by atoms with Crippen molar-refractivity contribution in [1.82, 2.24) is 9.78 Å². The molecule has 16 heavy (non-hydrogen) atoms. The third-order valence-electron chi connectivity index (χ3n) is 2.08. The maximum absolute atomic E-state index is 13.3. The van der Waals surface area contributed by atoms with Crippen molar-refractivity contribution < 1.29 is 4.39 Å². The molecule has 0 saturated heterocycles. The molecule has 0 unspecified atom stereocenters. The van der Waals surface area contributed by atoms with Gasteiger partial charge in [0, 0.05) is 16.8 Å². The molecule has 0 atom stereocenters. The normalized spacial score (nSPS) is 10.6. The molecule has 2 N–H and O–H groups in total. The van der Waals surface area contributed by atoms with Crippen molar-refractivity contribution in [2.45, 2.75) is 11.4 Å². The second-order valence-electron chi connectivity index (χ2n) is 3.28. The van der Waals surface area contributed by atoms with Crippen LogP contribution < -0.4 is 5.73 Å². The van der Waals surface area contributed by atoms with Gasteiger partial charge < -0.3 is 5.73 Å². The van der Waals surface area contributed by atoms with Crippen molar-refractivity contribution in [2.24, 2.45) is 0 Å². The van der Waals surface area contributed by atoms with Crippen molar-refractivity contribution in [3.05, 3.63) is 42.3 Å². The number of nitrogens with zero attached hydrogens (tertiary/aromatic N) is 2. The summed E-state index contributed by atoms with van der Waals surface area (Å²) in [5.41, 5.74) is 5.49. The van der Waals surface area contributed by atoms with E-state index in [1.807, 2.05) is 12.3 Å². The van der Waals surface area contributed by atoms with E-state index in [0.717, 1.165) is 12.3 Å². The van der Waals surface area contributed by atoms with Crippen molar-refractivity contribution in [3.63, 3.8) is 0 Å². The molecule has 0 amide bonds. The van der Waals surface area contributed by atoms with Gasteiger partial charge in [-0.3, -0.25) is 4.68 Å². The quantitative estimate of drug-likeness (QED) is 0.830. The van der Waals surface area contributed by atoms with Crippen LogP contribution in [0.5, 0.6) is 0 Å². The van der Waals surface area contributed by atoms with Gasteiger partial charge in [0.2, 0.25) is 0 Å². The first-order valence-corrected chi connectivity index (χ1v) is 5.90. The number of benzene rings is 1. The van der Waals surface area contributed by atoms with E-state index >= 15 is 0 Å². The van der Waals surface area contributed by atoms with Crippen LogP contribution in [0.1, 0.15) is 0 Å². The minimum atomic E-state index is -0.174. The summed E-state index contributed by atoms with van der Waals surface area (Å²) in [6.45, 7) is 0.718. The lowest BCUT2D eigenvalue weighted by molar-refractivity contribution is 0.601. The molecule has 0 fully saturated rings. The van der Waals surface area contributed by atoms with Crippen LogP contribution in [0.2, 0.25) is 0 Å². The molecule has 2 rings (SSSR count). The standard InChI is InChI=1S/C11H12FN3S/c12-9-3-1-2-4-10(9)16-8-7-15-6-5-11(13)14-15/h1-6H,7-8H2,(H2,13,14). The van der Waals surface area contributed by atoms with E-state index in [9.17, 15) is 4.39 Å². The second-order valence-corrected chi connectivity index (χ2v) is 4.42. The second kappa shape index (κ2) is 5.03. The SMILES string of the molecule is Nc1ccn(CCSc2ccccc2F)n1. The molecule has 0 aliphatic heterocycles. The highest BCUT2D eigenvalue weighted by Gasteiger charge is 2.01. The summed E-state index contributed by atoms with van der Waals surface area (Å²) >= 11 is 1.47. The summed E-state index contributed by atoms with van der Waals surface area (Å²) in [4.78, 5) is 0.669. The molecular formula is C11H12FN3S. The van der Waals surface area contributed by atoms with Crippen LogP contribution in [0, 0.1) is 5.82 Å². The minimum absolute atomic E-state index is 0.174. The predicted molar refractivity (Wildman–Crippen MR) is 63.8 cm³/mol. The molecule has 1 heterocycles. The molecular weight excluding hydrogens is 225 g/mol. The van der Waals surface area contributed by atoms with Gasteiger partial charge in [0.15, 0.2) is 0 Å². The van der Waals surface area contributed by atoms with Gasteiger partial charge in [-0.05, 0) is 18.2 Å². The molecule has 0 radical (unpaired) electrons. The van der Waals surface area contributed by atoms with Crippen LogP contribution in [0.15, 0.2) is 41.4 Å². The fraction of sp³-hybridized carbons (Fsp3) is 0.182. The molecule has 5 heteroatoms. The Hall–Kier alpha value is -1.49. The highest BCUT2D eigenvalue weighted by Crippen LogP contribution is 2.21. The summed E-state index contributed by atoms with van der Waals surface area (Å²) in [6, 6.07) is 8.50. The van der Waals surface area contributed by atoms with Crippen LogP contribution in [0.4, 0.5) is 10.2 Å². The highest BCUT2D eigenvalue weighted by molar-refractivity contribution is 7.99. The Balaban J connectivity index is 1.87. The van der Waals surface area contributed by atoms with E-state index in [2.05, 4.69) is 5.10 Å². The van der Waals surface area contributed by atoms with E-state index < -0.39 is 0 Å². The van der Waals surface area contributed by atoms with Gasteiger partial charge in [-0.1, -0.05) is 12.1 Å². The zero-order valence-corrected chi connectivity index (χ0v) is 9.45. The Bertz CT molecular complexity index is 470. The first-order valence-electron chi connectivity index (χ1n) is 4.92. The number of nitrogens with two attached hydrogens (primary N) is 1. The summed E-state index contributed by atoms with van der Waals surface area (Å²) in [5.74, 6) is 1.10. The van der Waals surface area contributed by atoms with Gasteiger partial charge in [-0.25, -0.2) is 4.39 Å². The van der Waals surface area contributed by atoms with Crippen LogP contribution in [-0.4, -0.2) is 15.5 Å². The highest BCUT2D eigenvalue weighted by atomic mass is 32.2. The van der Waals surface area contributed by atoms with Gasteiger partial charge in [0.1, 0.15) is 11.6 Å². The zero-order chi connectivity index (χ0) is 11.4. The van der Waals surface area contributed by atoms with E-state index in [4.69, 9.17) is 5.73 Å². The fourth-order valence-corrected chi connectivity index (χ4v) is 2.19. The molecule has 0 spiro atoms. The maximum Gasteiger partial charge on any atom is 0.145 e. The van der Waals surface area contributed by atoms with Gasteiger partial charge in [-0.2, -0.15) is 5.10 Å². The molecule has 3 nitrogen and oxygen atoms in total. The lowest BCUT2D eigenvalue weighted by atomic mass is 10.3. The number of hydrogen-bond donors (Lipinski definition) is 1. The number of anilines is 1. The fourth-order valence-electron chi connectivity index (χ4n) is 1.31. The molecule has 1 aromatic heterocycles. The lowest BCUT2D eigenvalue weighted by Gasteiger charge is -2.03. The Kier molecular flexibility index (Phi) is 3.46. The Morgan fingerprint density at radius 3 is 2.81 bits per heavy atom. The molecule has 0 saturated carbocycles. The largest absolute Gasteiger partial charge is 0.382 e. The van der Waals surface area contributed by atoms with E-state index in [1.54, 1.807) is 22.9 Å². The number of aryl methyl sites for hydroxylation is 1. The third-order valence-corrected chi connectivity index (χ3v) is 3.10. The van der Waals surface area contributed by atoms with Crippen molar-refractivity contribution in [1.29, 1.82) is 0 Å². The summed E-state index contributed by atoms with van der Waals surface area (Å²) in [6.07, 6.45) is 1.82. The number of rotatable bonds is 4. The number of nitrogen functional groups attached to an aromatic ring is 1. The van der Waals surface area contributed by atoms with Crippen LogP contribution >= 0.6 is 11.8 Å². The lowest BCUT2D eigenvalue weighted by Crippen LogP contribution is -2.01. The minimum Gasteiger partial charge on any atom is -0.382 e. The monoisotopic (exact) mass is 237 g/mol. The van der Waals surface area contributed by atoms with E-state index in [1.165, 1.54) is 17.8 Å². The molecule has 0 bridgehead atoms. The molecule has 1 aromatic carbocycles. The van der Waals surface area contributed by atoms with Gasteiger partial charge in [0.25, 0.3) is 0 Å². The van der Waals surface area contributed by atoms with Gasteiger partial charge in [0.05, 0.1) is 6.54 Å². The van der Waals surface area contributed by atoms with Gasteiger partial charge >= 0.3 is 0 Å². The smallest absolute Gasteiger partial charge is 0.145 e. The van der Waals surface area contributed by atoms with Gasteiger partial charge in [-0.15, -0.1) is 11.8 Å². The van der Waals surface area contributed by atoms with Crippen molar-refractivity contribution >= 4 is 17.6 Å². The average Bonchev–Trinajstić information content (AvgIpc) is 2.67. The first kappa shape index (κ1) is 11.0. The Morgan fingerprint density at radius 2 is 2.12 bits per heavy atom. The van der Waals surface area contributed by atoms with Crippen LogP contribution in [0.25, 0.3) is 0 Å². The van der Waals surface area contributed by atoms with Crippen LogP contribution in [0.3, 0.4) is 0 Å². The molecule has 84 valence electrons. The first-order chi connectivity index (χ1) is 7.75. The molecule has 0 aliphatic carbocycles. The Morgan fingerprint density at radius 1 is 1.31 bits per heavy atom. The summed E-state index contributed by atoms with van der Waals surface area (Å²) < 4.78 is 15.0. The van der Waals surface area contributed by atoms with Crippen LogP contribution in [-0.2, 0) is 6.54 Å². The third kappa shape index (κ3) is 2.76. The summed E-state index contributed by atoms with van der Waals surface area (Å²) in [5, 5.41) is 4.05. The van der Waals surface area contributed by atoms with Crippen molar-refractivity contribution in [2.75, 3.05) is 11.5 Å². The zero-order valence-electron chi connectivity index (χ0n) is 8.64. The number of halogens is 1. The predicted octanol–water partition coefficient (Wildman–Crippen LogP) is 2.40. The molecule has 2 aromatic rings. The number of hydrogen-bond acceptors (Lipinski definition) is 3. The van der Waals surface area contributed by atoms with E-state index in [-0.39, 0.29) is 5.82 Å². The van der Waals surface area contributed by atoms with Crippen molar-refractivity contribution in [3.8, 4) is 0 Å².